The molecule has 20 heavy (non-hydrogen) atoms. The van der Waals surface area contributed by atoms with Crippen LogP contribution in [0.2, 0.25) is 0 Å². The summed E-state index contributed by atoms with van der Waals surface area (Å²) in [6, 6.07) is 12.1. The van der Waals surface area contributed by atoms with E-state index in [1.807, 2.05) is 6.92 Å². The molecule has 0 aromatic heterocycles. The Kier molecular flexibility index (Phi) is 4.24. The largest absolute Gasteiger partial charge is 0.494 e. The summed E-state index contributed by atoms with van der Waals surface area (Å²) in [5, 5.41) is 0. The van der Waals surface area contributed by atoms with Gasteiger partial charge in [0.2, 0.25) is 0 Å². The Morgan fingerprint density at radius 2 is 1.35 bits per heavy atom. The van der Waals surface area contributed by atoms with Gasteiger partial charge in [0.1, 0.15) is 17.2 Å². The molecule has 4 nitrogen and oxygen atoms in total. The summed E-state index contributed by atoms with van der Waals surface area (Å²) in [5.74, 6) is 1.73. The fourth-order valence-corrected chi connectivity index (χ4v) is 2.04. The Labute approximate surface area is 117 Å². The molecule has 106 valence electrons. The molecule has 6 heteroatoms. The summed E-state index contributed by atoms with van der Waals surface area (Å²) in [7, 11) is -4.68. The first-order chi connectivity index (χ1) is 9.49. The number of hydrogen-bond acceptors (Lipinski definition) is 4. The van der Waals surface area contributed by atoms with Crippen LogP contribution in [0.4, 0.5) is 3.89 Å². The minimum absolute atomic E-state index is 0.392. The average molecular weight is 296 g/mol. The molecule has 0 heterocycles. The van der Waals surface area contributed by atoms with Crippen molar-refractivity contribution in [2.24, 2.45) is 0 Å². The molecule has 2 aromatic rings. The summed E-state index contributed by atoms with van der Waals surface area (Å²) in [4.78, 5) is -0.392. The van der Waals surface area contributed by atoms with Crippen molar-refractivity contribution >= 4 is 10.2 Å². The molecule has 0 aliphatic carbocycles. The van der Waals surface area contributed by atoms with Gasteiger partial charge < -0.3 is 9.47 Å². The first-order valence-electron chi connectivity index (χ1n) is 5.94. The molecule has 0 fully saturated rings. The fourth-order valence-electron chi connectivity index (χ4n) is 1.58. The Balaban J connectivity index is 2.10. The highest BCUT2D eigenvalue weighted by molar-refractivity contribution is 7.86. The maximum atomic E-state index is 12.7. The number of rotatable bonds is 5. The Bertz CT molecular complexity index is 663. The van der Waals surface area contributed by atoms with Crippen LogP contribution in [0.25, 0.3) is 0 Å². The van der Waals surface area contributed by atoms with Gasteiger partial charge >= 0.3 is 10.2 Å². The van der Waals surface area contributed by atoms with E-state index in [2.05, 4.69) is 0 Å². The predicted octanol–water partition coefficient (Wildman–Crippen LogP) is 3.54. The summed E-state index contributed by atoms with van der Waals surface area (Å²) in [6.07, 6.45) is 0. The van der Waals surface area contributed by atoms with Gasteiger partial charge in [-0.05, 0) is 55.5 Å². The minimum Gasteiger partial charge on any atom is -0.494 e. The third-order valence-electron chi connectivity index (χ3n) is 2.48. The summed E-state index contributed by atoms with van der Waals surface area (Å²) >= 11 is 0. The van der Waals surface area contributed by atoms with Crippen molar-refractivity contribution < 1.29 is 21.8 Å². The lowest BCUT2D eigenvalue weighted by Gasteiger charge is -2.07. The van der Waals surface area contributed by atoms with E-state index in [4.69, 9.17) is 9.47 Å². The van der Waals surface area contributed by atoms with Crippen molar-refractivity contribution in [1.82, 2.24) is 0 Å². The Morgan fingerprint density at radius 3 is 1.80 bits per heavy atom. The van der Waals surface area contributed by atoms with Crippen LogP contribution in [0.3, 0.4) is 0 Å². The van der Waals surface area contributed by atoms with Gasteiger partial charge in [0.15, 0.2) is 0 Å². The van der Waals surface area contributed by atoms with Gasteiger partial charge in [-0.2, -0.15) is 8.42 Å². The van der Waals surface area contributed by atoms with E-state index in [1.165, 1.54) is 12.1 Å². The second-order valence-electron chi connectivity index (χ2n) is 3.92. The molecule has 0 saturated heterocycles. The molecule has 0 unspecified atom stereocenters. The molecular weight excluding hydrogens is 283 g/mol. The topological polar surface area (TPSA) is 52.6 Å². The zero-order valence-corrected chi connectivity index (χ0v) is 11.6. The van der Waals surface area contributed by atoms with Crippen molar-refractivity contribution in [3.8, 4) is 17.2 Å². The molecule has 0 amide bonds. The van der Waals surface area contributed by atoms with Gasteiger partial charge in [-0.25, -0.2) is 0 Å². The van der Waals surface area contributed by atoms with Gasteiger partial charge in [0.05, 0.1) is 11.5 Å². The lowest BCUT2D eigenvalue weighted by Crippen LogP contribution is -1.92. The predicted molar refractivity (Wildman–Crippen MR) is 72.4 cm³/mol. The molecule has 2 aromatic carbocycles. The van der Waals surface area contributed by atoms with Gasteiger partial charge in [-0.15, -0.1) is 3.89 Å². The first-order valence-corrected chi connectivity index (χ1v) is 7.33. The van der Waals surface area contributed by atoms with E-state index in [-0.39, 0.29) is 0 Å². The van der Waals surface area contributed by atoms with Crippen LogP contribution >= 0.6 is 0 Å². The normalized spacial score (nSPS) is 11.1. The zero-order valence-electron chi connectivity index (χ0n) is 10.7. The quantitative estimate of drug-likeness (QED) is 0.792. The van der Waals surface area contributed by atoms with Crippen molar-refractivity contribution in [2.45, 2.75) is 11.8 Å². The molecule has 0 atom stereocenters. The number of benzene rings is 2. The summed E-state index contributed by atoms with van der Waals surface area (Å²) < 4.78 is 44.9. The molecule has 0 bridgehead atoms. The van der Waals surface area contributed by atoms with Crippen LogP contribution in [0, 0.1) is 0 Å². The van der Waals surface area contributed by atoms with Gasteiger partial charge in [0, 0.05) is 0 Å². The van der Waals surface area contributed by atoms with Gasteiger partial charge in [0.25, 0.3) is 0 Å². The lowest BCUT2D eigenvalue weighted by atomic mass is 10.3. The number of ether oxygens (including phenoxy) is 2. The Hall–Kier alpha value is -2.08. The minimum atomic E-state index is -4.68. The molecule has 0 saturated carbocycles. The van der Waals surface area contributed by atoms with E-state index in [0.717, 1.165) is 17.9 Å². The van der Waals surface area contributed by atoms with Gasteiger partial charge in [-0.1, -0.05) is 0 Å². The number of halogens is 1. The van der Waals surface area contributed by atoms with Crippen LogP contribution in [0.5, 0.6) is 17.2 Å². The van der Waals surface area contributed by atoms with E-state index in [9.17, 15) is 12.3 Å². The molecular formula is C14H13FO4S. The zero-order chi connectivity index (χ0) is 14.6. The van der Waals surface area contributed by atoms with Crippen molar-refractivity contribution in [3.05, 3.63) is 48.5 Å². The van der Waals surface area contributed by atoms with Crippen LogP contribution in [-0.4, -0.2) is 15.0 Å². The molecule has 2 rings (SSSR count). The van der Waals surface area contributed by atoms with E-state index >= 15 is 0 Å². The lowest BCUT2D eigenvalue weighted by molar-refractivity contribution is 0.339. The smallest absolute Gasteiger partial charge is 0.332 e. The molecule has 0 spiro atoms. The summed E-state index contributed by atoms with van der Waals surface area (Å²) in [6.45, 7) is 2.48. The Morgan fingerprint density at radius 1 is 0.900 bits per heavy atom. The third kappa shape index (κ3) is 3.71. The van der Waals surface area contributed by atoms with Crippen molar-refractivity contribution in [1.29, 1.82) is 0 Å². The monoisotopic (exact) mass is 296 g/mol. The van der Waals surface area contributed by atoms with Crippen LogP contribution in [-0.2, 0) is 10.2 Å². The van der Waals surface area contributed by atoms with Gasteiger partial charge in [-0.3, -0.25) is 0 Å². The maximum absolute atomic E-state index is 12.7. The molecule has 0 N–H and O–H groups in total. The highest BCUT2D eigenvalue weighted by Crippen LogP contribution is 2.25. The van der Waals surface area contributed by atoms with E-state index < -0.39 is 15.1 Å². The highest BCUT2D eigenvalue weighted by Gasteiger charge is 2.11. The number of hydrogen-bond donors (Lipinski definition) is 0. The van der Waals surface area contributed by atoms with E-state index in [1.54, 1.807) is 24.3 Å². The van der Waals surface area contributed by atoms with E-state index in [0.29, 0.717) is 18.1 Å². The third-order valence-corrected chi connectivity index (χ3v) is 3.31. The van der Waals surface area contributed by atoms with Crippen LogP contribution < -0.4 is 9.47 Å². The first kappa shape index (κ1) is 14.3. The van der Waals surface area contributed by atoms with Crippen LogP contribution in [0.1, 0.15) is 6.92 Å². The molecule has 0 aliphatic rings. The summed E-state index contributed by atoms with van der Waals surface area (Å²) in [5.41, 5.74) is 0. The second-order valence-corrected chi connectivity index (χ2v) is 5.26. The SMILES string of the molecule is CCOc1ccc(Oc2ccc(S(=O)(=O)F)cc2)cc1. The molecule has 0 radical (unpaired) electrons. The van der Waals surface area contributed by atoms with Crippen molar-refractivity contribution in [2.75, 3.05) is 6.61 Å². The van der Waals surface area contributed by atoms with Crippen LogP contribution in [0.15, 0.2) is 53.4 Å². The maximum Gasteiger partial charge on any atom is 0.332 e. The van der Waals surface area contributed by atoms with Crippen molar-refractivity contribution in [3.63, 3.8) is 0 Å². The standard InChI is InChI=1S/C14H13FO4S/c1-2-18-11-3-5-12(6-4-11)19-13-7-9-14(10-8-13)20(15,16)17/h3-10H,2H2,1H3. The highest BCUT2D eigenvalue weighted by atomic mass is 32.3. The average Bonchev–Trinajstić information content (AvgIpc) is 2.41. The second kappa shape index (κ2) is 5.92. The fraction of sp³-hybridized carbons (Fsp3) is 0.143. The molecule has 0 aliphatic heterocycles.